The molecule has 7 nitrogen and oxygen atoms in total. The van der Waals surface area contributed by atoms with Gasteiger partial charge in [0.2, 0.25) is 11.8 Å². The number of rotatable bonds is 10. The van der Waals surface area contributed by atoms with Crippen molar-refractivity contribution in [2.45, 2.75) is 25.8 Å². The number of methoxy groups -OCH3 is 2. The van der Waals surface area contributed by atoms with Crippen LogP contribution in [0, 0.1) is 0 Å². The summed E-state index contributed by atoms with van der Waals surface area (Å²) in [4.78, 5) is 28.9. The van der Waals surface area contributed by atoms with E-state index >= 15 is 0 Å². The van der Waals surface area contributed by atoms with Gasteiger partial charge in [0, 0.05) is 39.1 Å². The number of carbonyl (C=O) groups is 2. The highest BCUT2D eigenvalue weighted by atomic mass is 16.5. The molecular weight excluding hydrogens is 406 g/mol. The molecule has 1 aliphatic heterocycles. The third kappa shape index (κ3) is 6.99. The Balaban J connectivity index is 1.34. The van der Waals surface area contributed by atoms with E-state index in [1.165, 1.54) is 5.56 Å². The van der Waals surface area contributed by atoms with Crippen LogP contribution in [0.25, 0.3) is 0 Å². The zero-order valence-corrected chi connectivity index (χ0v) is 19.0. The minimum absolute atomic E-state index is 0.0255. The predicted molar refractivity (Wildman–Crippen MR) is 124 cm³/mol. The molecule has 2 amide bonds. The van der Waals surface area contributed by atoms with Gasteiger partial charge in [-0.25, -0.2) is 0 Å². The fourth-order valence-corrected chi connectivity index (χ4v) is 3.85. The smallest absolute Gasteiger partial charge is 0.234 e. The number of nitrogens with zero attached hydrogens (tertiary/aromatic N) is 2. The summed E-state index contributed by atoms with van der Waals surface area (Å²) in [6.45, 7) is 3.55. The average molecular weight is 440 g/mol. The largest absolute Gasteiger partial charge is 0.493 e. The Morgan fingerprint density at radius 2 is 1.62 bits per heavy atom. The lowest BCUT2D eigenvalue weighted by Crippen LogP contribution is -2.51. The van der Waals surface area contributed by atoms with Crippen LogP contribution in [0.15, 0.2) is 48.5 Å². The Kier molecular flexibility index (Phi) is 8.92. The first-order valence-electron chi connectivity index (χ1n) is 11.1. The van der Waals surface area contributed by atoms with Gasteiger partial charge in [-0.15, -0.1) is 0 Å². The third-order valence-corrected chi connectivity index (χ3v) is 5.73. The van der Waals surface area contributed by atoms with Crippen molar-refractivity contribution >= 4 is 11.8 Å². The lowest BCUT2D eigenvalue weighted by Gasteiger charge is -2.34. The molecule has 2 aromatic carbocycles. The van der Waals surface area contributed by atoms with Gasteiger partial charge in [-0.3, -0.25) is 14.5 Å². The Hall–Kier alpha value is -3.06. The van der Waals surface area contributed by atoms with E-state index in [0.717, 1.165) is 18.4 Å². The van der Waals surface area contributed by atoms with E-state index in [9.17, 15) is 9.59 Å². The molecule has 0 bridgehead atoms. The molecule has 0 atom stereocenters. The number of carbonyl (C=O) groups excluding carboxylic acids is 2. The van der Waals surface area contributed by atoms with Crippen LogP contribution in [-0.2, 0) is 22.6 Å². The number of aryl methyl sites for hydroxylation is 1. The molecule has 0 aliphatic carbocycles. The first-order valence-corrected chi connectivity index (χ1v) is 11.1. The maximum absolute atomic E-state index is 12.5. The molecule has 1 aliphatic rings. The summed E-state index contributed by atoms with van der Waals surface area (Å²) in [7, 11) is 3.19. The van der Waals surface area contributed by atoms with Crippen LogP contribution >= 0.6 is 0 Å². The van der Waals surface area contributed by atoms with Gasteiger partial charge in [-0.05, 0) is 36.1 Å². The number of amides is 2. The minimum Gasteiger partial charge on any atom is -0.493 e. The highest BCUT2D eigenvalue weighted by molar-refractivity contribution is 5.78. The summed E-state index contributed by atoms with van der Waals surface area (Å²) in [5, 5.41) is 2.95. The third-order valence-electron chi connectivity index (χ3n) is 5.73. The van der Waals surface area contributed by atoms with Gasteiger partial charge >= 0.3 is 0 Å². The molecule has 0 radical (unpaired) electrons. The quantitative estimate of drug-likeness (QED) is 0.616. The zero-order chi connectivity index (χ0) is 22.8. The predicted octanol–water partition coefficient (Wildman–Crippen LogP) is 2.49. The summed E-state index contributed by atoms with van der Waals surface area (Å²) in [6.07, 6.45) is 2.36. The topological polar surface area (TPSA) is 71.1 Å². The van der Waals surface area contributed by atoms with Gasteiger partial charge in [0.05, 0.1) is 20.8 Å². The van der Waals surface area contributed by atoms with Gasteiger partial charge in [0.15, 0.2) is 11.5 Å². The van der Waals surface area contributed by atoms with Crippen LogP contribution in [-0.4, -0.2) is 68.6 Å². The maximum Gasteiger partial charge on any atom is 0.234 e. The van der Waals surface area contributed by atoms with E-state index in [2.05, 4.69) is 22.3 Å². The number of ether oxygens (including phenoxy) is 2. The molecule has 0 unspecified atom stereocenters. The lowest BCUT2D eigenvalue weighted by molar-refractivity contribution is -0.133. The van der Waals surface area contributed by atoms with Crippen molar-refractivity contribution in [1.82, 2.24) is 15.1 Å². The van der Waals surface area contributed by atoms with E-state index in [4.69, 9.17) is 9.47 Å². The molecule has 0 spiro atoms. The standard InChI is InChI=1S/C25H33N3O4/c1-31-22-12-11-21(17-23(22)32-2)18-26-24(29)19-27-13-15-28(16-14-27)25(30)10-6-9-20-7-4-3-5-8-20/h3-5,7-8,11-12,17H,6,9-10,13-16,18-19H2,1-2H3,(H,26,29). The van der Waals surface area contributed by atoms with Crippen molar-refractivity contribution in [3.8, 4) is 11.5 Å². The monoisotopic (exact) mass is 439 g/mol. The van der Waals surface area contributed by atoms with E-state index in [-0.39, 0.29) is 11.8 Å². The Morgan fingerprint density at radius 3 is 2.31 bits per heavy atom. The van der Waals surface area contributed by atoms with Gasteiger partial charge < -0.3 is 19.7 Å². The normalized spacial score (nSPS) is 14.1. The second kappa shape index (κ2) is 12.1. The van der Waals surface area contributed by atoms with Crippen LogP contribution in [0.1, 0.15) is 24.0 Å². The van der Waals surface area contributed by atoms with Crippen LogP contribution in [0.2, 0.25) is 0 Å². The van der Waals surface area contributed by atoms with E-state index in [0.29, 0.717) is 57.2 Å². The van der Waals surface area contributed by atoms with Crippen LogP contribution in [0.3, 0.4) is 0 Å². The van der Waals surface area contributed by atoms with Crippen molar-refractivity contribution < 1.29 is 19.1 Å². The maximum atomic E-state index is 12.5. The van der Waals surface area contributed by atoms with Crippen molar-refractivity contribution in [2.75, 3.05) is 46.9 Å². The Bertz CT molecular complexity index is 880. The van der Waals surface area contributed by atoms with Gasteiger partial charge in [-0.1, -0.05) is 36.4 Å². The summed E-state index contributed by atoms with van der Waals surface area (Å²) >= 11 is 0. The minimum atomic E-state index is -0.0255. The van der Waals surface area contributed by atoms with Gasteiger partial charge in [-0.2, -0.15) is 0 Å². The number of piperazine rings is 1. The Labute approximate surface area is 190 Å². The number of benzene rings is 2. The molecule has 1 saturated heterocycles. The van der Waals surface area contributed by atoms with Crippen LogP contribution in [0.4, 0.5) is 0 Å². The number of hydrogen-bond acceptors (Lipinski definition) is 5. The lowest BCUT2D eigenvalue weighted by atomic mass is 10.1. The highest BCUT2D eigenvalue weighted by Crippen LogP contribution is 2.27. The molecule has 1 N–H and O–H groups in total. The molecule has 172 valence electrons. The van der Waals surface area contributed by atoms with Crippen LogP contribution < -0.4 is 14.8 Å². The molecule has 3 rings (SSSR count). The van der Waals surface area contributed by atoms with Crippen LogP contribution in [0.5, 0.6) is 11.5 Å². The molecule has 32 heavy (non-hydrogen) atoms. The second-order valence-electron chi connectivity index (χ2n) is 7.96. The summed E-state index contributed by atoms with van der Waals surface area (Å²) < 4.78 is 10.5. The van der Waals surface area contributed by atoms with E-state index in [1.807, 2.05) is 41.3 Å². The summed E-state index contributed by atoms with van der Waals surface area (Å²) in [5.74, 6) is 1.49. The Morgan fingerprint density at radius 1 is 0.906 bits per heavy atom. The highest BCUT2D eigenvalue weighted by Gasteiger charge is 2.22. The van der Waals surface area contributed by atoms with Crippen molar-refractivity contribution in [3.05, 3.63) is 59.7 Å². The second-order valence-corrected chi connectivity index (χ2v) is 7.96. The first kappa shape index (κ1) is 23.6. The molecular formula is C25H33N3O4. The van der Waals surface area contributed by atoms with Crippen molar-refractivity contribution in [2.24, 2.45) is 0 Å². The fraction of sp³-hybridized carbons (Fsp3) is 0.440. The first-order chi connectivity index (χ1) is 15.6. The SMILES string of the molecule is COc1ccc(CNC(=O)CN2CCN(C(=O)CCCc3ccccc3)CC2)cc1OC. The molecule has 1 heterocycles. The fourth-order valence-electron chi connectivity index (χ4n) is 3.85. The van der Waals surface area contributed by atoms with Gasteiger partial charge in [0.1, 0.15) is 0 Å². The molecule has 2 aromatic rings. The molecule has 7 heteroatoms. The van der Waals surface area contributed by atoms with Gasteiger partial charge in [0.25, 0.3) is 0 Å². The summed E-state index contributed by atoms with van der Waals surface area (Å²) in [5.41, 5.74) is 2.21. The number of hydrogen-bond donors (Lipinski definition) is 1. The van der Waals surface area contributed by atoms with E-state index in [1.54, 1.807) is 14.2 Å². The molecule has 0 aromatic heterocycles. The van der Waals surface area contributed by atoms with Crippen molar-refractivity contribution in [1.29, 1.82) is 0 Å². The molecule has 0 saturated carbocycles. The van der Waals surface area contributed by atoms with Crippen molar-refractivity contribution in [3.63, 3.8) is 0 Å². The molecule has 1 fully saturated rings. The number of nitrogens with one attached hydrogen (secondary N) is 1. The average Bonchev–Trinajstić information content (AvgIpc) is 2.83. The van der Waals surface area contributed by atoms with E-state index < -0.39 is 0 Å². The summed E-state index contributed by atoms with van der Waals surface area (Å²) in [6, 6.07) is 15.9. The zero-order valence-electron chi connectivity index (χ0n) is 19.0.